The minimum Gasteiger partial charge on any atom is -0.385 e. The van der Waals surface area contributed by atoms with Crippen molar-refractivity contribution in [3.05, 3.63) is 65.7 Å². The van der Waals surface area contributed by atoms with E-state index < -0.39 is 47.1 Å². The fourth-order valence-electron chi connectivity index (χ4n) is 4.06. The predicted octanol–water partition coefficient (Wildman–Crippen LogP) is 3.76. The molecule has 4 unspecified atom stereocenters. The number of aliphatic hydroxyl groups is 1. The first-order valence-corrected chi connectivity index (χ1v) is 14.3. The van der Waals surface area contributed by atoms with E-state index >= 15 is 0 Å². The summed E-state index contributed by atoms with van der Waals surface area (Å²) < 4.78 is 20.3. The molecule has 41 heavy (non-hydrogen) atoms. The molecule has 2 aromatic carbocycles. The molecule has 3 N–H and O–H groups in total. The Balaban J connectivity index is 2.01. The summed E-state index contributed by atoms with van der Waals surface area (Å²) in [6.45, 7) is 4.51. The van der Waals surface area contributed by atoms with Gasteiger partial charge in [0.25, 0.3) is 0 Å². The molecular weight excluding hydrogens is 544 g/mol. The zero-order valence-electron chi connectivity index (χ0n) is 24.0. The summed E-state index contributed by atoms with van der Waals surface area (Å²) in [6, 6.07) is 15.9. The van der Waals surface area contributed by atoms with Crippen LogP contribution in [0.25, 0.3) is 6.08 Å². The molecule has 11 heteroatoms. The molecular formula is C30H38N4O6S. The van der Waals surface area contributed by atoms with E-state index in [-0.39, 0.29) is 24.4 Å². The fraction of sp³-hybridized carbons (Fsp3) is 0.400. The van der Waals surface area contributed by atoms with E-state index in [1.165, 1.54) is 30.3 Å². The van der Waals surface area contributed by atoms with E-state index in [0.29, 0.717) is 12.0 Å². The highest BCUT2D eigenvalue weighted by Gasteiger charge is 2.38. The van der Waals surface area contributed by atoms with Crippen molar-refractivity contribution in [2.24, 2.45) is 17.3 Å². The number of hydrogen-bond donors (Lipinski definition) is 3. The van der Waals surface area contributed by atoms with Crippen LogP contribution in [0.4, 0.5) is 5.69 Å². The Bertz CT molecular complexity index is 1290. The van der Waals surface area contributed by atoms with E-state index in [1.54, 1.807) is 26.8 Å². The summed E-state index contributed by atoms with van der Waals surface area (Å²) >= 11 is -2.24. The molecule has 0 aliphatic heterocycles. The van der Waals surface area contributed by atoms with Gasteiger partial charge in [-0.15, -0.1) is 0 Å². The Labute approximate surface area is 244 Å². The zero-order chi connectivity index (χ0) is 30.6. The third-order valence-electron chi connectivity index (χ3n) is 6.83. The third kappa shape index (κ3) is 10.2. The molecule has 0 aliphatic carbocycles. The van der Waals surface area contributed by atoms with Crippen molar-refractivity contribution in [1.29, 1.82) is 5.26 Å². The molecule has 0 spiro atoms. The quantitative estimate of drug-likeness (QED) is 0.163. The molecule has 220 valence electrons. The number of nitrogens with one attached hydrogen (secondary N) is 2. The van der Waals surface area contributed by atoms with Gasteiger partial charge in [0.1, 0.15) is 12.5 Å². The van der Waals surface area contributed by atoms with Gasteiger partial charge < -0.3 is 19.5 Å². The maximum atomic E-state index is 13.1. The molecule has 2 amide bonds. The van der Waals surface area contributed by atoms with Crippen LogP contribution in [0.5, 0.6) is 5.75 Å². The third-order valence-corrected chi connectivity index (χ3v) is 7.53. The Morgan fingerprint density at radius 2 is 1.78 bits per heavy atom. The second kappa shape index (κ2) is 15.7. The van der Waals surface area contributed by atoms with Crippen molar-refractivity contribution in [3.8, 4) is 11.8 Å². The van der Waals surface area contributed by atoms with Crippen molar-refractivity contribution in [3.63, 3.8) is 0 Å². The maximum Gasteiger partial charge on any atom is 0.318 e. The van der Waals surface area contributed by atoms with Gasteiger partial charge in [0.15, 0.2) is 5.78 Å². The van der Waals surface area contributed by atoms with E-state index in [1.807, 2.05) is 43.3 Å². The van der Waals surface area contributed by atoms with Crippen LogP contribution in [-0.4, -0.2) is 47.7 Å². The summed E-state index contributed by atoms with van der Waals surface area (Å²) in [4.78, 5) is 40.1. The van der Waals surface area contributed by atoms with Gasteiger partial charge in [0.2, 0.25) is 11.8 Å². The second-order valence-corrected chi connectivity index (χ2v) is 11.1. The van der Waals surface area contributed by atoms with Crippen molar-refractivity contribution < 1.29 is 27.9 Å². The summed E-state index contributed by atoms with van der Waals surface area (Å²) in [7, 11) is 3.90. The Hall–Kier alpha value is -4.01. The van der Waals surface area contributed by atoms with Gasteiger partial charge in [-0.25, -0.2) is 4.72 Å². The first-order chi connectivity index (χ1) is 19.4. The standard InChI is InChI=1S/C30H38N4O6S/c1-6-30(3,18-24(17-21(2)19-31)28(37)32-20-35)29(38)33-41(39)40-26-14-10-23(11-15-26)27(36)16-9-22-7-12-25(13-8-22)34(4)5/h7-16,21,24,35H,6,17-18,20H2,1-5H3,(H,32,37)(H,33,38)/b16-9+. The van der Waals surface area contributed by atoms with Crippen molar-refractivity contribution in [2.45, 2.75) is 40.0 Å². The van der Waals surface area contributed by atoms with Gasteiger partial charge in [-0.1, -0.05) is 32.1 Å². The maximum absolute atomic E-state index is 13.1. The van der Waals surface area contributed by atoms with Gasteiger partial charge in [-0.2, -0.15) is 9.47 Å². The summed E-state index contributed by atoms with van der Waals surface area (Å²) in [5, 5.41) is 20.6. The Morgan fingerprint density at radius 3 is 2.32 bits per heavy atom. The van der Waals surface area contributed by atoms with Crippen LogP contribution in [0.2, 0.25) is 0 Å². The molecule has 0 saturated heterocycles. The number of carbonyl (C=O) groups is 3. The lowest BCUT2D eigenvalue weighted by atomic mass is 9.75. The fourth-order valence-corrected chi connectivity index (χ4v) is 4.79. The molecule has 0 aromatic heterocycles. The van der Waals surface area contributed by atoms with Gasteiger partial charge >= 0.3 is 11.3 Å². The number of ketones is 1. The molecule has 4 atom stereocenters. The van der Waals surface area contributed by atoms with Gasteiger partial charge in [-0.3, -0.25) is 14.4 Å². The van der Waals surface area contributed by atoms with Crippen molar-refractivity contribution in [2.75, 3.05) is 25.7 Å². The molecule has 0 bridgehead atoms. The number of amides is 2. The highest BCUT2D eigenvalue weighted by molar-refractivity contribution is 7.79. The number of nitriles is 1. The number of allylic oxidation sites excluding steroid dienone is 1. The number of anilines is 1. The van der Waals surface area contributed by atoms with Gasteiger partial charge in [-0.05, 0) is 74.2 Å². The lowest BCUT2D eigenvalue weighted by molar-refractivity contribution is -0.132. The average Bonchev–Trinajstić information content (AvgIpc) is 2.95. The van der Waals surface area contributed by atoms with Gasteiger partial charge in [0.05, 0.1) is 6.07 Å². The molecule has 0 fully saturated rings. The number of hydrogen-bond acceptors (Lipinski definition) is 8. The van der Waals surface area contributed by atoms with Crippen molar-refractivity contribution in [1.82, 2.24) is 10.0 Å². The summed E-state index contributed by atoms with van der Waals surface area (Å²) in [6.07, 6.45) is 3.79. The summed E-state index contributed by atoms with van der Waals surface area (Å²) in [5.41, 5.74) is 1.25. The van der Waals surface area contributed by atoms with E-state index in [9.17, 15) is 23.9 Å². The molecule has 10 nitrogen and oxygen atoms in total. The second-order valence-electron chi connectivity index (χ2n) is 10.2. The predicted molar refractivity (Wildman–Crippen MR) is 159 cm³/mol. The van der Waals surface area contributed by atoms with Crippen LogP contribution in [0.15, 0.2) is 54.6 Å². The van der Waals surface area contributed by atoms with E-state index in [2.05, 4.69) is 16.1 Å². The number of nitrogens with zero attached hydrogens (tertiary/aromatic N) is 2. The largest absolute Gasteiger partial charge is 0.385 e. The topological polar surface area (TPSA) is 149 Å². The summed E-state index contributed by atoms with van der Waals surface area (Å²) in [5.74, 6) is -2.23. The Morgan fingerprint density at radius 1 is 1.15 bits per heavy atom. The van der Waals surface area contributed by atoms with E-state index in [0.717, 1.165) is 11.3 Å². The zero-order valence-corrected chi connectivity index (χ0v) is 24.9. The van der Waals surface area contributed by atoms with Crippen LogP contribution in [0.3, 0.4) is 0 Å². The van der Waals surface area contributed by atoms with E-state index in [4.69, 9.17) is 9.29 Å². The monoisotopic (exact) mass is 582 g/mol. The molecule has 0 heterocycles. The molecule has 0 saturated carbocycles. The number of carbonyl (C=O) groups excluding carboxylic acids is 3. The smallest absolute Gasteiger partial charge is 0.318 e. The van der Waals surface area contributed by atoms with Gasteiger partial charge in [0, 0.05) is 42.6 Å². The first kappa shape index (κ1) is 33.2. The molecule has 0 radical (unpaired) electrons. The lowest BCUT2D eigenvalue weighted by Gasteiger charge is -2.30. The highest BCUT2D eigenvalue weighted by atomic mass is 32.2. The van der Waals surface area contributed by atoms with Crippen LogP contribution >= 0.6 is 0 Å². The SMILES string of the molecule is CCC(C)(CC(CC(C)C#N)C(=O)NCO)C(=O)NS(=O)Oc1ccc(C(=O)/C=C/c2ccc(N(C)C)cc2)cc1. The first-order valence-electron chi connectivity index (χ1n) is 13.2. The average molecular weight is 583 g/mol. The highest BCUT2D eigenvalue weighted by Crippen LogP contribution is 2.33. The minimum atomic E-state index is -2.24. The molecule has 2 aromatic rings. The van der Waals surface area contributed by atoms with Crippen molar-refractivity contribution >= 4 is 40.6 Å². The number of rotatable bonds is 15. The van der Waals surface area contributed by atoms with Crippen LogP contribution < -0.4 is 19.1 Å². The molecule has 2 rings (SSSR count). The number of aliphatic hydroxyl groups excluding tert-OH is 1. The minimum absolute atomic E-state index is 0.0779. The van der Waals surface area contributed by atoms with Crippen LogP contribution in [0, 0.1) is 28.6 Å². The van der Waals surface area contributed by atoms with Crippen LogP contribution in [0.1, 0.15) is 56.0 Å². The number of benzene rings is 2. The molecule has 0 aliphatic rings. The lowest BCUT2D eigenvalue weighted by Crippen LogP contribution is -2.44. The normalized spacial score (nSPS) is 14.7. The van der Waals surface area contributed by atoms with Crippen LogP contribution in [-0.2, 0) is 20.9 Å². The Kier molecular flexibility index (Phi) is 12.7.